The van der Waals surface area contributed by atoms with Crippen molar-refractivity contribution in [1.29, 1.82) is 0 Å². The Balaban J connectivity index is 2.08. The number of hydrogen-bond acceptors (Lipinski definition) is 4. The summed E-state index contributed by atoms with van der Waals surface area (Å²) in [6, 6.07) is 5.62. The van der Waals surface area contributed by atoms with Crippen LogP contribution < -0.4 is 10.2 Å². The van der Waals surface area contributed by atoms with Crippen LogP contribution >= 0.6 is 0 Å². The number of hydrogen-bond donors (Lipinski definition) is 1. The Labute approximate surface area is 126 Å². The SMILES string of the molecule is COCCNCc1cc(F)ccc1N(CCOC)C1CC1. The van der Waals surface area contributed by atoms with E-state index in [0.29, 0.717) is 25.8 Å². The molecule has 1 aliphatic carbocycles. The van der Waals surface area contributed by atoms with Gasteiger partial charge in [0.25, 0.3) is 0 Å². The monoisotopic (exact) mass is 296 g/mol. The van der Waals surface area contributed by atoms with Crippen LogP contribution in [0.1, 0.15) is 18.4 Å². The lowest BCUT2D eigenvalue weighted by molar-refractivity contribution is 0.199. The van der Waals surface area contributed by atoms with Crippen molar-refractivity contribution in [3.63, 3.8) is 0 Å². The van der Waals surface area contributed by atoms with Crippen LogP contribution in [-0.4, -0.2) is 46.6 Å². The number of benzene rings is 1. The number of methoxy groups -OCH3 is 2. The maximum Gasteiger partial charge on any atom is 0.123 e. The number of nitrogens with one attached hydrogen (secondary N) is 1. The summed E-state index contributed by atoms with van der Waals surface area (Å²) in [6.07, 6.45) is 2.41. The van der Waals surface area contributed by atoms with E-state index in [1.54, 1.807) is 20.3 Å². The van der Waals surface area contributed by atoms with E-state index in [2.05, 4.69) is 10.2 Å². The molecule has 1 N–H and O–H groups in total. The maximum atomic E-state index is 13.6. The van der Waals surface area contributed by atoms with Gasteiger partial charge in [0.05, 0.1) is 13.2 Å². The van der Waals surface area contributed by atoms with Crippen molar-refractivity contribution >= 4 is 5.69 Å². The molecular weight excluding hydrogens is 271 g/mol. The Morgan fingerprint density at radius 2 is 2.00 bits per heavy atom. The normalized spacial score (nSPS) is 14.4. The van der Waals surface area contributed by atoms with Crippen LogP contribution in [0, 0.1) is 5.82 Å². The second kappa shape index (κ2) is 8.32. The van der Waals surface area contributed by atoms with Crippen molar-refractivity contribution in [1.82, 2.24) is 5.32 Å². The van der Waals surface area contributed by atoms with E-state index in [4.69, 9.17) is 9.47 Å². The molecular formula is C16H25FN2O2. The second-order valence-electron chi connectivity index (χ2n) is 5.36. The summed E-state index contributed by atoms with van der Waals surface area (Å²) in [6.45, 7) is 3.59. The zero-order valence-electron chi connectivity index (χ0n) is 12.9. The first-order chi connectivity index (χ1) is 10.3. The molecule has 2 rings (SSSR count). The molecule has 0 aromatic heterocycles. The van der Waals surface area contributed by atoms with E-state index in [1.807, 2.05) is 6.07 Å². The fraction of sp³-hybridized carbons (Fsp3) is 0.625. The third-order valence-corrected chi connectivity index (χ3v) is 3.67. The van der Waals surface area contributed by atoms with Crippen LogP contribution in [0.2, 0.25) is 0 Å². The van der Waals surface area contributed by atoms with Crippen molar-refractivity contribution in [3.05, 3.63) is 29.6 Å². The molecule has 0 radical (unpaired) electrons. The molecule has 0 saturated heterocycles. The number of nitrogens with zero attached hydrogens (tertiary/aromatic N) is 1. The highest BCUT2D eigenvalue weighted by Crippen LogP contribution is 2.33. The topological polar surface area (TPSA) is 33.7 Å². The minimum atomic E-state index is -0.190. The molecule has 21 heavy (non-hydrogen) atoms. The first-order valence-corrected chi connectivity index (χ1v) is 7.50. The summed E-state index contributed by atoms with van der Waals surface area (Å²) in [5.74, 6) is -0.190. The molecule has 1 aliphatic rings. The van der Waals surface area contributed by atoms with Gasteiger partial charge in [-0.15, -0.1) is 0 Å². The molecule has 1 aromatic rings. The zero-order valence-corrected chi connectivity index (χ0v) is 12.9. The van der Waals surface area contributed by atoms with E-state index in [1.165, 1.54) is 18.9 Å². The number of anilines is 1. The fourth-order valence-corrected chi connectivity index (χ4v) is 2.45. The van der Waals surface area contributed by atoms with Gasteiger partial charge in [0.15, 0.2) is 0 Å². The van der Waals surface area contributed by atoms with Crippen LogP contribution in [0.3, 0.4) is 0 Å². The molecule has 0 aliphatic heterocycles. The lowest BCUT2D eigenvalue weighted by atomic mass is 10.1. The van der Waals surface area contributed by atoms with Crippen LogP contribution in [0.25, 0.3) is 0 Å². The average molecular weight is 296 g/mol. The molecule has 118 valence electrons. The highest BCUT2D eigenvalue weighted by Gasteiger charge is 2.30. The third kappa shape index (κ3) is 4.95. The Morgan fingerprint density at radius 3 is 2.67 bits per heavy atom. The van der Waals surface area contributed by atoms with Crippen molar-refractivity contribution < 1.29 is 13.9 Å². The van der Waals surface area contributed by atoms with Gasteiger partial charge in [0.1, 0.15) is 5.82 Å². The predicted octanol–water partition coefficient (Wildman–Crippen LogP) is 2.18. The van der Waals surface area contributed by atoms with E-state index in [9.17, 15) is 4.39 Å². The summed E-state index contributed by atoms with van der Waals surface area (Å²) in [7, 11) is 3.39. The smallest absolute Gasteiger partial charge is 0.123 e. The van der Waals surface area contributed by atoms with Gasteiger partial charge in [-0.3, -0.25) is 0 Å². The minimum absolute atomic E-state index is 0.190. The Hall–Kier alpha value is -1.17. The van der Waals surface area contributed by atoms with Gasteiger partial charge in [-0.05, 0) is 36.6 Å². The summed E-state index contributed by atoms with van der Waals surface area (Å²) in [4.78, 5) is 2.34. The number of rotatable bonds is 10. The number of ether oxygens (including phenoxy) is 2. The summed E-state index contributed by atoms with van der Waals surface area (Å²) in [5, 5.41) is 3.29. The van der Waals surface area contributed by atoms with Crippen LogP contribution in [-0.2, 0) is 16.0 Å². The third-order valence-electron chi connectivity index (χ3n) is 3.67. The number of halogens is 1. The molecule has 0 amide bonds. The fourth-order valence-electron chi connectivity index (χ4n) is 2.45. The molecule has 1 fully saturated rings. The molecule has 0 heterocycles. The molecule has 1 saturated carbocycles. The molecule has 0 unspecified atom stereocenters. The summed E-state index contributed by atoms with van der Waals surface area (Å²) in [5.41, 5.74) is 2.11. The largest absolute Gasteiger partial charge is 0.383 e. The van der Waals surface area contributed by atoms with Gasteiger partial charge in [0, 0.05) is 45.6 Å². The van der Waals surface area contributed by atoms with E-state index < -0.39 is 0 Å². The quantitative estimate of drug-likeness (QED) is 0.671. The van der Waals surface area contributed by atoms with Gasteiger partial charge in [0.2, 0.25) is 0 Å². The summed E-state index contributed by atoms with van der Waals surface area (Å²) >= 11 is 0. The van der Waals surface area contributed by atoms with Crippen molar-refractivity contribution in [2.24, 2.45) is 0 Å². The van der Waals surface area contributed by atoms with Gasteiger partial charge in [-0.2, -0.15) is 0 Å². The average Bonchev–Trinajstić information content (AvgIpc) is 3.30. The minimum Gasteiger partial charge on any atom is -0.383 e. The van der Waals surface area contributed by atoms with Crippen LogP contribution in [0.4, 0.5) is 10.1 Å². The lowest BCUT2D eigenvalue weighted by Crippen LogP contribution is -2.31. The maximum absolute atomic E-state index is 13.6. The molecule has 5 heteroatoms. The standard InChI is InChI=1S/C16H25FN2O2/c1-20-9-7-18-12-13-11-14(17)3-6-16(13)19(8-10-21-2)15-4-5-15/h3,6,11,15,18H,4-5,7-10,12H2,1-2H3. The molecule has 1 aromatic carbocycles. The van der Waals surface area contributed by atoms with Crippen LogP contribution in [0.5, 0.6) is 0 Å². The lowest BCUT2D eigenvalue weighted by Gasteiger charge is -2.27. The highest BCUT2D eigenvalue weighted by atomic mass is 19.1. The predicted molar refractivity (Wildman–Crippen MR) is 82.2 cm³/mol. The van der Waals surface area contributed by atoms with Crippen LogP contribution in [0.15, 0.2) is 18.2 Å². The van der Waals surface area contributed by atoms with Gasteiger partial charge >= 0.3 is 0 Å². The molecule has 4 nitrogen and oxygen atoms in total. The van der Waals surface area contributed by atoms with E-state index in [0.717, 1.165) is 24.3 Å². The van der Waals surface area contributed by atoms with Crippen molar-refractivity contribution in [2.75, 3.05) is 45.4 Å². The van der Waals surface area contributed by atoms with Gasteiger partial charge < -0.3 is 19.7 Å². The Morgan fingerprint density at radius 1 is 1.24 bits per heavy atom. The highest BCUT2D eigenvalue weighted by molar-refractivity contribution is 5.55. The van der Waals surface area contributed by atoms with Crippen molar-refractivity contribution in [3.8, 4) is 0 Å². The Kier molecular flexibility index (Phi) is 6.42. The van der Waals surface area contributed by atoms with Gasteiger partial charge in [-0.25, -0.2) is 4.39 Å². The summed E-state index contributed by atoms with van der Waals surface area (Å²) < 4.78 is 23.8. The van der Waals surface area contributed by atoms with E-state index in [-0.39, 0.29) is 5.82 Å². The first kappa shape index (κ1) is 16.2. The molecule has 0 spiro atoms. The second-order valence-corrected chi connectivity index (χ2v) is 5.36. The van der Waals surface area contributed by atoms with E-state index >= 15 is 0 Å². The van der Waals surface area contributed by atoms with Gasteiger partial charge in [-0.1, -0.05) is 0 Å². The first-order valence-electron chi connectivity index (χ1n) is 7.50. The van der Waals surface area contributed by atoms with Crippen molar-refractivity contribution in [2.45, 2.75) is 25.4 Å². The molecule has 0 atom stereocenters. The Bertz CT molecular complexity index is 438. The molecule has 0 bridgehead atoms. The zero-order chi connectivity index (χ0) is 15.1.